The quantitative estimate of drug-likeness (QED) is 0.672. The molecule has 0 radical (unpaired) electrons. The van der Waals surface area contributed by atoms with Crippen molar-refractivity contribution in [2.45, 2.75) is 32.8 Å². The Hall–Kier alpha value is -0.980. The molecule has 1 heteroatoms. The van der Waals surface area contributed by atoms with Crippen molar-refractivity contribution in [3.05, 3.63) is 29.8 Å². The Bertz CT molecular complexity index is 270. The van der Waals surface area contributed by atoms with E-state index >= 15 is 0 Å². The molecule has 0 unspecified atom stereocenters. The maximum atomic E-state index is 5.78. The van der Waals surface area contributed by atoms with Crippen molar-refractivity contribution < 1.29 is 4.74 Å². The van der Waals surface area contributed by atoms with E-state index in [1.165, 1.54) is 18.4 Å². The van der Waals surface area contributed by atoms with E-state index in [-0.39, 0.29) is 0 Å². The average molecular weight is 176 g/mol. The number of aryl methyl sites for hydroxylation is 1. The number of rotatable bonds is 2. The van der Waals surface area contributed by atoms with Crippen LogP contribution in [0.25, 0.3) is 0 Å². The summed E-state index contributed by atoms with van der Waals surface area (Å²) < 4.78 is 5.78. The Labute approximate surface area is 79.7 Å². The lowest BCUT2D eigenvalue weighted by molar-refractivity contribution is 0.0739. The molecule has 0 aliphatic heterocycles. The Morgan fingerprint density at radius 1 is 1.15 bits per heavy atom. The standard InChI is InChI=1S/C12H16O/c1-9-3-5-11(6-4-9)13-12-7-10(2)8-12/h3-6,10,12H,7-8H2,1-2H3. The third-order valence-electron chi connectivity index (χ3n) is 2.65. The second-order valence-electron chi connectivity index (χ2n) is 4.13. The van der Waals surface area contributed by atoms with Crippen LogP contribution in [0.2, 0.25) is 0 Å². The van der Waals surface area contributed by atoms with Crippen molar-refractivity contribution in [1.29, 1.82) is 0 Å². The van der Waals surface area contributed by atoms with Crippen LogP contribution in [-0.2, 0) is 0 Å². The highest BCUT2D eigenvalue weighted by Crippen LogP contribution is 2.30. The molecule has 0 atom stereocenters. The molecule has 1 nitrogen and oxygen atoms in total. The highest BCUT2D eigenvalue weighted by atomic mass is 16.5. The Morgan fingerprint density at radius 3 is 2.31 bits per heavy atom. The molecule has 1 aliphatic rings. The largest absolute Gasteiger partial charge is 0.490 e. The molecule has 1 saturated carbocycles. The smallest absolute Gasteiger partial charge is 0.119 e. The van der Waals surface area contributed by atoms with Crippen molar-refractivity contribution in [3.63, 3.8) is 0 Å². The van der Waals surface area contributed by atoms with Gasteiger partial charge >= 0.3 is 0 Å². The van der Waals surface area contributed by atoms with Gasteiger partial charge < -0.3 is 4.74 Å². The van der Waals surface area contributed by atoms with Crippen molar-refractivity contribution in [3.8, 4) is 5.75 Å². The molecule has 13 heavy (non-hydrogen) atoms. The molecule has 70 valence electrons. The van der Waals surface area contributed by atoms with Crippen molar-refractivity contribution in [2.24, 2.45) is 5.92 Å². The zero-order valence-electron chi connectivity index (χ0n) is 8.29. The van der Waals surface area contributed by atoms with Crippen LogP contribution in [0.3, 0.4) is 0 Å². The van der Waals surface area contributed by atoms with E-state index in [4.69, 9.17) is 4.74 Å². The lowest BCUT2D eigenvalue weighted by Gasteiger charge is -2.32. The molecule has 1 aromatic carbocycles. The normalized spacial score (nSPS) is 26.6. The number of benzene rings is 1. The SMILES string of the molecule is Cc1ccc(OC2CC(C)C2)cc1. The summed E-state index contributed by atoms with van der Waals surface area (Å²) in [5.74, 6) is 1.87. The molecule has 0 heterocycles. The van der Waals surface area contributed by atoms with Gasteiger partial charge in [-0.15, -0.1) is 0 Å². The molecule has 0 aromatic heterocycles. The molecule has 1 aromatic rings. The van der Waals surface area contributed by atoms with E-state index in [0.29, 0.717) is 6.10 Å². The van der Waals surface area contributed by atoms with E-state index < -0.39 is 0 Å². The summed E-state index contributed by atoms with van der Waals surface area (Å²) in [5, 5.41) is 0. The number of hydrogen-bond donors (Lipinski definition) is 0. The number of hydrogen-bond acceptors (Lipinski definition) is 1. The summed E-state index contributed by atoms with van der Waals surface area (Å²) in [6, 6.07) is 8.30. The van der Waals surface area contributed by atoms with Crippen molar-refractivity contribution in [2.75, 3.05) is 0 Å². The van der Waals surface area contributed by atoms with Crippen LogP contribution in [0.15, 0.2) is 24.3 Å². The first-order valence-electron chi connectivity index (χ1n) is 4.97. The fourth-order valence-electron chi connectivity index (χ4n) is 1.73. The second kappa shape index (κ2) is 3.41. The van der Waals surface area contributed by atoms with Crippen LogP contribution in [0.5, 0.6) is 5.75 Å². The predicted octanol–water partition coefficient (Wildman–Crippen LogP) is 3.17. The predicted molar refractivity (Wildman–Crippen MR) is 54.0 cm³/mol. The fourth-order valence-corrected chi connectivity index (χ4v) is 1.73. The molecule has 0 saturated heterocycles. The van der Waals surface area contributed by atoms with Gasteiger partial charge in [-0.2, -0.15) is 0 Å². The first-order valence-corrected chi connectivity index (χ1v) is 4.97. The molecule has 0 N–H and O–H groups in total. The van der Waals surface area contributed by atoms with E-state index in [0.717, 1.165) is 11.7 Å². The lowest BCUT2D eigenvalue weighted by Crippen LogP contribution is -2.31. The Kier molecular flexibility index (Phi) is 2.26. The zero-order valence-corrected chi connectivity index (χ0v) is 8.29. The van der Waals surface area contributed by atoms with Crippen LogP contribution in [0, 0.1) is 12.8 Å². The topological polar surface area (TPSA) is 9.23 Å². The first-order chi connectivity index (χ1) is 6.24. The van der Waals surface area contributed by atoms with Gasteiger partial charge in [-0.25, -0.2) is 0 Å². The van der Waals surface area contributed by atoms with Gasteiger partial charge in [-0.3, -0.25) is 0 Å². The monoisotopic (exact) mass is 176 g/mol. The fraction of sp³-hybridized carbons (Fsp3) is 0.500. The third kappa shape index (κ3) is 2.03. The van der Waals surface area contributed by atoms with Crippen LogP contribution in [0.4, 0.5) is 0 Å². The summed E-state index contributed by atoms with van der Waals surface area (Å²) in [6.45, 7) is 4.37. The van der Waals surface area contributed by atoms with Crippen LogP contribution >= 0.6 is 0 Å². The minimum Gasteiger partial charge on any atom is -0.490 e. The Morgan fingerprint density at radius 2 is 1.77 bits per heavy atom. The molecule has 0 amide bonds. The molecule has 0 bridgehead atoms. The minimum atomic E-state index is 0.470. The van der Waals surface area contributed by atoms with Gasteiger partial charge in [0.05, 0.1) is 6.10 Å². The van der Waals surface area contributed by atoms with Crippen LogP contribution in [0.1, 0.15) is 25.3 Å². The zero-order chi connectivity index (χ0) is 9.26. The highest BCUT2D eigenvalue weighted by Gasteiger charge is 2.26. The van der Waals surface area contributed by atoms with Gasteiger partial charge in [0, 0.05) is 0 Å². The highest BCUT2D eigenvalue weighted by molar-refractivity contribution is 5.26. The molecule has 0 spiro atoms. The molecular weight excluding hydrogens is 160 g/mol. The van der Waals surface area contributed by atoms with Crippen molar-refractivity contribution >= 4 is 0 Å². The van der Waals surface area contributed by atoms with E-state index in [2.05, 4.69) is 38.1 Å². The maximum absolute atomic E-state index is 5.78. The van der Waals surface area contributed by atoms with Crippen LogP contribution < -0.4 is 4.74 Å². The molecule has 1 aliphatic carbocycles. The summed E-state index contributed by atoms with van der Waals surface area (Å²) in [6.07, 6.45) is 2.90. The van der Waals surface area contributed by atoms with Crippen LogP contribution in [-0.4, -0.2) is 6.10 Å². The summed E-state index contributed by atoms with van der Waals surface area (Å²) in [5.41, 5.74) is 1.29. The summed E-state index contributed by atoms with van der Waals surface area (Å²) in [4.78, 5) is 0. The summed E-state index contributed by atoms with van der Waals surface area (Å²) in [7, 11) is 0. The molecular formula is C12H16O. The maximum Gasteiger partial charge on any atom is 0.119 e. The van der Waals surface area contributed by atoms with E-state index in [9.17, 15) is 0 Å². The molecule has 1 fully saturated rings. The van der Waals surface area contributed by atoms with Gasteiger partial charge in [-0.05, 0) is 37.8 Å². The Balaban J connectivity index is 1.91. The molecule has 2 rings (SSSR count). The van der Waals surface area contributed by atoms with Gasteiger partial charge in [0.2, 0.25) is 0 Å². The van der Waals surface area contributed by atoms with Crippen molar-refractivity contribution in [1.82, 2.24) is 0 Å². The second-order valence-corrected chi connectivity index (χ2v) is 4.13. The van der Waals surface area contributed by atoms with Gasteiger partial charge in [0.25, 0.3) is 0 Å². The van der Waals surface area contributed by atoms with E-state index in [1.807, 2.05) is 0 Å². The number of ether oxygens (including phenoxy) is 1. The van der Waals surface area contributed by atoms with E-state index in [1.54, 1.807) is 0 Å². The van der Waals surface area contributed by atoms with Gasteiger partial charge in [0.15, 0.2) is 0 Å². The van der Waals surface area contributed by atoms with Gasteiger partial charge in [0.1, 0.15) is 5.75 Å². The van der Waals surface area contributed by atoms with Gasteiger partial charge in [-0.1, -0.05) is 24.6 Å². The average Bonchev–Trinajstić information content (AvgIpc) is 2.06. The summed E-state index contributed by atoms with van der Waals surface area (Å²) >= 11 is 0. The minimum absolute atomic E-state index is 0.470. The first kappa shape index (κ1) is 8.61. The third-order valence-corrected chi connectivity index (χ3v) is 2.65. The lowest BCUT2D eigenvalue weighted by atomic mass is 9.84.